The van der Waals surface area contributed by atoms with Crippen LogP contribution in [-0.4, -0.2) is 61.0 Å². The van der Waals surface area contributed by atoms with Crippen LogP contribution in [0.3, 0.4) is 0 Å². The summed E-state index contributed by atoms with van der Waals surface area (Å²) in [7, 11) is 1.80. The van der Waals surface area contributed by atoms with Crippen molar-refractivity contribution in [2.75, 3.05) is 33.3 Å². The van der Waals surface area contributed by atoms with E-state index >= 15 is 0 Å². The molecular formula is C12H22N2O3. The maximum Gasteiger partial charge on any atom is 0.323 e. The first-order chi connectivity index (χ1) is 8.10. The first-order valence-corrected chi connectivity index (χ1v) is 6.24. The highest BCUT2D eigenvalue weighted by Crippen LogP contribution is 2.11. The summed E-state index contributed by atoms with van der Waals surface area (Å²) in [5, 5.41) is 0. The Bertz CT molecular complexity index is 281. The van der Waals surface area contributed by atoms with Crippen molar-refractivity contribution in [2.45, 2.75) is 32.7 Å². The van der Waals surface area contributed by atoms with Gasteiger partial charge in [-0.25, -0.2) is 0 Å². The molecular weight excluding hydrogens is 220 g/mol. The molecule has 0 N–H and O–H groups in total. The zero-order valence-electron chi connectivity index (χ0n) is 10.9. The lowest BCUT2D eigenvalue weighted by Crippen LogP contribution is -2.45. The number of ether oxygens (including phenoxy) is 1. The standard InChI is InChI=1S/C12H22N2O3/c1-4-10(12(16)17-5-2)14-8-6-7-13(3)11(15)9-14/h10H,4-9H2,1-3H3. The molecule has 0 bridgehead atoms. The molecule has 1 heterocycles. The SMILES string of the molecule is CCOC(=O)C(CC)N1CCCN(C)C(=O)C1. The summed E-state index contributed by atoms with van der Waals surface area (Å²) in [4.78, 5) is 27.2. The molecule has 0 saturated carbocycles. The number of rotatable bonds is 4. The van der Waals surface area contributed by atoms with Gasteiger partial charge in [0.15, 0.2) is 0 Å². The smallest absolute Gasteiger partial charge is 0.323 e. The van der Waals surface area contributed by atoms with Crippen LogP contribution in [0.5, 0.6) is 0 Å². The average Bonchev–Trinajstić information content (AvgIpc) is 2.44. The van der Waals surface area contributed by atoms with E-state index in [4.69, 9.17) is 4.74 Å². The number of carbonyl (C=O) groups excluding carboxylic acids is 2. The summed E-state index contributed by atoms with van der Waals surface area (Å²) in [5.74, 6) is -0.141. The fraction of sp³-hybridized carbons (Fsp3) is 0.833. The van der Waals surface area contributed by atoms with Crippen LogP contribution >= 0.6 is 0 Å². The van der Waals surface area contributed by atoms with Gasteiger partial charge in [-0.2, -0.15) is 0 Å². The van der Waals surface area contributed by atoms with Gasteiger partial charge in [0.2, 0.25) is 5.91 Å². The fourth-order valence-corrected chi connectivity index (χ4v) is 2.09. The highest BCUT2D eigenvalue weighted by atomic mass is 16.5. The normalized spacial score (nSPS) is 19.9. The molecule has 0 aliphatic carbocycles. The summed E-state index contributed by atoms with van der Waals surface area (Å²) in [6, 6.07) is -0.287. The lowest BCUT2D eigenvalue weighted by atomic mass is 10.2. The molecule has 1 saturated heterocycles. The van der Waals surface area contributed by atoms with E-state index in [2.05, 4.69) is 0 Å². The minimum Gasteiger partial charge on any atom is -0.465 e. The number of esters is 1. The van der Waals surface area contributed by atoms with Crippen LogP contribution in [0.1, 0.15) is 26.7 Å². The van der Waals surface area contributed by atoms with E-state index in [1.807, 2.05) is 11.8 Å². The molecule has 5 nitrogen and oxygen atoms in total. The number of carbonyl (C=O) groups is 2. The molecule has 98 valence electrons. The van der Waals surface area contributed by atoms with Crippen molar-refractivity contribution in [2.24, 2.45) is 0 Å². The molecule has 0 aromatic heterocycles. The second-order valence-electron chi connectivity index (χ2n) is 4.32. The predicted molar refractivity (Wildman–Crippen MR) is 64.5 cm³/mol. The van der Waals surface area contributed by atoms with Crippen molar-refractivity contribution in [1.29, 1.82) is 0 Å². The van der Waals surface area contributed by atoms with E-state index in [0.29, 0.717) is 19.6 Å². The van der Waals surface area contributed by atoms with Crippen LogP contribution in [0.15, 0.2) is 0 Å². The van der Waals surface area contributed by atoms with Crippen molar-refractivity contribution >= 4 is 11.9 Å². The Labute approximate surface area is 103 Å². The monoisotopic (exact) mass is 242 g/mol. The molecule has 1 amide bonds. The van der Waals surface area contributed by atoms with Gasteiger partial charge in [-0.15, -0.1) is 0 Å². The third kappa shape index (κ3) is 3.70. The third-order valence-corrected chi connectivity index (χ3v) is 3.09. The Balaban J connectivity index is 2.67. The fourth-order valence-electron chi connectivity index (χ4n) is 2.09. The zero-order chi connectivity index (χ0) is 12.8. The van der Waals surface area contributed by atoms with Gasteiger partial charge >= 0.3 is 5.97 Å². The summed E-state index contributed by atoms with van der Waals surface area (Å²) < 4.78 is 5.05. The van der Waals surface area contributed by atoms with E-state index in [0.717, 1.165) is 19.5 Å². The van der Waals surface area contributed by atoms with Gasteiger partial charge < -0.3 is 9.64 Å². The van der Waals surface area contributed by atoms with Crippen LogP contribution in [0.25, 0.3) is 0 Å². The van der Waals surface area contributed by atoms with Gasteiger partial charge in [0, 0.05) is 20.1 Å². The van der Waals surface area contributed by atoms with Gasteiger partial charge in [0.05, 0.1) is 13.2 Å². The van der Waals surface area contributed by atoms with Gasteiger partial charge in [-0.1, -0.05) is 6.92 Å². The molecule has 1 aliphatic heterocycles. The van der Waals surface area contributed by atoms with Crippen molar-refractivity contribution in [3.8, 4) is 0 Å². The van der Waals surface area contributed by atoms with Crippen molar-refractivity contribution < 1.29 is 14.3 Å². The van der Waals surface area contributed by atoms with Gasteiger partial charge in [-0.05, 0) is 19.8 Å². The molecule has 1 rings (SSSR count). The van der Waals surface area contributed by atoms with Crippen LogP contribution in [0.2, 0.25) is 0 Å². The van der Waals surface area contributed by atoms with Crippen LogP contribution in [-0.2, 0) is 14.3 Å². The van der Waals surface area contributed by atoms with Gasteiger partial charge in [0.25, 0.3) is 0 Å². The van der Waals surface area contributed by atoms with Crippen LogP contribution in [0, 0.1) is 0 Å². The average molecular weight is 242 g/mol. The highest BCUT2D eigenvalue weighted by molar-refractivity contribution is 5.80. The van der Waals surface area contributed by atoms with E-state index in [9.17, 15) is 9.59 Å². The van der Waals surface area contributed by atoms with Gasteiger partial charge in [0.1, 0.15) is 6.04 Å². The van der Waals surface area contributed by atoms with Crippen LogP contribution in [0.4, 0.5) is 0 Å². The topological polar surface area (TPSA) is 49.9 Å². The predicted octanol–water partition coefficient (Wildman–Crippen LogP) is 0.492. The molecule has 5 heteroatoms. The third-order valence-electron chi connectivity index (χ3n) is 3.09. The molecule has 17 heavy (non-hydrogen) atoms. The zero-order valence-corrected chi connectivity index (χ0v) is 10.9. The first-order valence-electron chi connectivity index (χ1n) is 6.24. The summed E-state index contributed by atoms with van der Waals surface area (Å²) >= 11 is 0. The minimum absolute atomic E-state index is 0.0743. The Morgan fingerprint density at radius 3 is 2.71 bits per heavy atom. The van der Waals surface area contributed by atoms with Crippen LogP contribution < -0.4 is 0 Å². The van der Waals surface area contributed by atoms with E-state index in [1.165, 1.54) is 0 Å². The number of hydrogen-bond donors (Lipinski definition) is 0. The number of nitrogens with zero attached hydrogens (tertiary/aromatic N) is 2. The van der Waals surface area contributed by atoms with Crippen molar-refractivity contribution in [1.82, 2.24) is 9.80 Å². The van der Waals surface area contributed by atoms with Crippen molar-refractivity contribution in [3.05, 3.63) is 0 Å². The highest BCUT2D eigenvalue weighted by Gasteiger charge is 2.29. The number of hydrogen-bond acceptors (Lipinski definition) is 4. The molecule has 0 radical (unpaired) electrons. The maximum absolute atomic E-state index is 11.8. The summed E-state index contributed by atoms with van der Waals surface area (Å²) in [6.07, 6.45) is 1.58. The van der Waals surface area contributed by atoms with E-state index in [1.54, 1.807) is 18.9 Å². The summed E-state index contributed by atoms with van der Waals surface area (Å²) in [5.41, 5.74) is 0. The summed E-state index contributed by atoms with van der Waals surface area (Å²) in [6.45, 7) is 5.97. The largest absolute Gasteiger partial charge is 0.465 e. The molecule has 1 atom stereocenters. The second kappa shape index (κ2) is 6.59. The minimum atomic E-state index is -0.287. The first kappa shape index (κ1) is 14.0. The Hall–Kier alpha value is -1.10. The molecule has 1 unspecified atom stereocenters. The molecule has 0 aromatic carbocycles. The lowest BCUT2D eigenvalue weighted by Gasteiger charge is -2.27. The molecule has 1 fully saturated rings. The number of likely N-dealkylation sites (N-methyl/N-ethyl adjacent to an activating group) is 1. The quantitative estimate of drug-likeness (QED) is 0.673. The van der Waals surface area contributed by atoms with Crippen molar-refractivity contribution in [3.63, 3.8) is 0 Å². The lowest BCUT2D eigenvalue weighted by molar-refractivity contribution is -0.150. The Morgan fingerprint density at radius 1 is 1.41 bits per heavy atom. The Morgan fingerprint density at radius 2 is 2.12 bits per heavy atom. The maximum atomic E-state index is 11.8. The van der Waals surface area contributed by atoms with E-state index in [-0.39, 0.29) is 17.9 Å². The van der Waals surface area contributed by atoms with Gasteiger partial charge in [-0.3, -0.25) is 14.5 Å². The molecule has 0 spiro atoms. The second-order valence-corrected chi connectivity index (χ2v) is 4.32. The molecule has 0 aromatic rings. The Kier molecular flexibility index (Phi) is 5.41. The van der Waals surface area contributed by atoms with E-state index < -0.39 is 0 Å². The molecule has 1 aliphatic rings. The number of amides is 1.